The summed E-state index contributed by atoms with van der Waals surface area (Å²) in [4.78, 5) is 13.5. The SMILES string of the molecule is CC(C)N=Nc1c[nH]c(=O)n1C(C)(O)O. The molecule has 0 aromatic carbocycles. The van der Waals surface area contributed by atoms with Crippen LogP contribution in [0.25, 0.3) is 0 Å². The number of rotatable bonds is 3. The van der Waals surface area contributed by atoms with Gasteiger partial charge in [0.2, 0.25) is 0 Å². The zero-order valence-corrected chi connectivity index (χ0v) is 8.80. The van der Waals surface area contributed by atoms with E-state index in [0.717, 1.165) is 6.92 Å². The third-order valence-electron chi connectivity index (χ3n) is 1.57. The number of nitrogens with one attached hydrogen (secondary N) is 1. The molecular weight excluding hydrogens is 200 g/mol. The maximum absolute atomic E-state index is 11.2. The fraction of sp³-hybridized carbons (Fsp3) is 0.625. The number of aromatic amines is 1. The lowest BCUT2D eigenvalue weighted by Crippen LogP contribution is -2.36. The number of azo groups is 1. The smallest absolute Gasteiger partial charge is 0.331 e. The van der Waals surface area contributed by atoms with Crippen LogP contribution in [0.15, 0.2) is 21.2 Å². The summed E-state index contributed by atoms with van der Waals surface area (Å²) in [5.41, 5.74) is -0.653. The maximum Gasteiger partial charge on any atom is 0.331 e. The van der Waals surface area contributed by atoms with Gasteiger partial charge in [0.1, 0.15) is 0 Å². The van der Waals surface area contributed by atoms with E-state index in [9.17, 15) is 15.0 Å². The van der Waals surface area contributed by atoms with E-state index in [1.54, 1.807) is 0 Å². The van der Waals surface area contributed by atoms with Gasteiger partial charge in [0, 0.05) is 6.92 Å². The molecule has 0 spiro atoms. The van der Waals surface area contributed by atoms with Gasteiger partial charge < -0.3 is 15.2 Å². The van der Waals surface area contributed by atoms with Gasteiger partial charge in [0.15, 0.2) is 5.82 Å². The number of hydrogen-bond donors (Lipinski definition) is 3. The summed E-state index contributed by atoms with van der Waals surface area (Å²) in [5, 5.41) is 26.1. The average molecular weight is 214 g/mol. The number of aliphatic hydroxyl groups is 2. The highest BCUT2D eigenvalue weighted by molar-refractivity contribution is 5.23. The van der Waals surface area contributed by atoms with Gasteiger partial charge in [-0.05, 0) is 13.8 Å². The molecule has 0 saturated carbocycles. The minimum Gasteiger partial charge on any atom is -0.349 e. The molecule has 0 aliphatic heterocycles. The second-order valence-corrected chi connectivity index (χ2v) is 3.57. The first-order valence-corrected chi connectivity index (χ1v) is 4.49. The van der Waals surface area contributed by atoms with Crippen LogP contribution in [0.4, 0.5) is 5.82 Å². The molecule has 0 bridgehead atoms. The van der Waals surface area contributed by atoms with Gasteiger partial charge in [-0.15, -0.1) is 5.11 Å². The van der Waals surface area contributed by atoms with Crippen molar-refractivity contribution in [2.45, 2.75) is 32.7 Å². The Bertz CT molecular complexity index is 410. The van der Waals surface area contributed by atoms with Crippen molar-refractivity contribution < 1.29 is 10.2 Å². The predicted molar refractivity (Wildman–Crippen MR) is 52.8 cm³/mol. The first-order valence-electron chi connectivity index (χ1n) is 4.49. The van der Waals surface area contributed by atoms with E-state index in [-0.39, 0.29) is 11.9 Å². The Kier molecular flexibility index (Phi) is 3.06. The maximum atomic E-state index is 11.2. The van der Waals surface area contributed by atoms with Crippen molar-refractivity contribution >= 4 is 5.82 Å². The third-order valence-corrected chi connectivity index (χ3v) is 1.57. The van der Waals surface area contributed by atoms with Crippen molar-refractivity contribution in [3.05, 3.63) is 16.7 Å². The monoisotopic (exact) mass is 214 g/mol. The lowest BCUT2D eigenvalue weighted by molar-refractivity contribution is -0.213. The van der Waals surface area contributed by atoms with Crippen molar-refractivity contribution in [1.29, 1.82) is 0 Å². The van der Waals surface area contributed by atoms with Gasteiger partial charge in [-0.1, -0.05) is 0 Å². The largest absolute Gasteiger partial charge is 0.349 e. The summed E-state index contributed by atoms with van der Waals surface area (Å²) in [7, 11) is 0. The van der Waals surface area contributed by atoms with E-state index in [1.807, 2.05) is 13.8 Å². The summed E-state index contributed by atoms with van der Waals surface area (Å²) in [6.07, 6.45) is 1.26. The Morgan fingerprint density at radius 2 is 2.13 bits per heavy atom. The number of hydrogen-bond acceptors (Lipinski definition) is 5. The zero-order valence-electron chi connectivity index (χ0n) is 8.80. The quantitative estimate of drug-likeness (QED) is 0.497. The van der Waals surface area contributed by atoms with E-state index >= 15 is 0 Å². The van der Waals surface area contributed by atoms with Crippen LogP contribution in [0, 0.1) is 0 Å². The normalized spacial score (nSPS) is 12.9. The highest BCUT2D eigenvalue weighted by Crippen LogP contribution is 2.16. The molecule has 7 nitrogen and oxygen atoms in total. The molecule has 0 radical (unpaired) electrons. The Hall–Kier alpha value is -1.47. The van der Waals surface area contributed by atoms with Crippen LogP contribution in [0.2, 0.25) is 0 Å². The lowest BCUT2D eigenvalue weighted by Gasteiger charge is -2.16. The predicted octanol–water partition coefficient (Wildman–Crippen LogP) is 0.283. The molecule has 1 aromatic rings. The van der Waals surface area contributed by atoms with E-state index < -0.39 is 11.6 Å². The van der Waals surface area contributed by atoms with Crippen molar-refractivity contribution in [2.24, 2.45) is 10.2 Å². The summed E-state index contributed by atoms with van der Waals surface area (Å²) >= 11 is 0. The first kappa shape index (κ1) is 11.6. The van der Waals surface area contributed by atoms with Crippen LogP contribution < -0.4 is 5.69 Å². The van der Waals surface area contributed by atoms with Gasteiger partial charge in [0.25, 0.3) is 5.91 Å². The van der Waals surface area contributed by atoms with Gasteiger partial charge >= 0.3 is 5.69 Å². The van der Waals surface area contributed by atoms with Gasteiger partial charge in [0.05, 0.1) is 12.2 Å². The number of H-pyrrole nitrogens is 1. The van der Waals surface area contributed by atoms with Crippen molar-refractivity contribution in [3.63, 3.8) is 0 Å². The third kappa shape index (κ3) is 2.74. The van der Waals surface area contributed by atoms with Crippen molar-refractivity contribution in [2.75, 3.05) is 0 Å². The molecule has 84 valence electrons. The second kappa shape index (κ2) is 3.95. The zero-order chi connectivity index (χ0) is 11.6. The standard InChI is InChI=1S/C8H14N4O3/c1-5(2)10-11-6-4-9-7(13)12(6)8(3,14)15/h4-5,14-15H,1-3H3,(H,9,13). The lowest BCUT2D eigenvalue weighted by atomic mass is 10.4. The van der Waals surface area contributed by atoms with Crippen LogP contribution >= 0.6 is 0 Å². The Balaban J connectivity index is 3.16. The molecule has 15 heavy (non-hydrogen) atoms. The van der Waals surface area contributed by atoms with Crippen LogP contribution in [0.3, 0.4) is 0 Å². The molecule has 1 aromatic heterocycles. The summed E-state index contributed by atoms with van der Waals surface area (Å²) in [5.74, 6) is -2.22. The Labute approximate surface area is 86.1 Å². The highest BCUT2D eigenvalue weighted by atomic mass is 16.5. The van der Waals surface area contributed by atoms with Crippen molar-refractivity contribution in [1.82, 2.24) is 9.55 Å². The molecular formula is C8H14N4O3. The number of aromatic nitrogens is 2. The molecule has 0 fully saturated rings. The van der Waals surface area contributed by atoms with E-state index in [0.29, 0.717) is 4.57 Å². The van der Waals surface area contributed by atoms with Crippen LogP contribution in [-0.2, 0) is 5.91 Å². The minimum atomic E-state index is -2.29. The van der Waals surface area contributed by atoms with Crippen LogP contribution in [0.5, 0.6) is 0 Å². The Morgan fingerprint density at radius 1 is 1.53 bits per heavy atom. The van der Waals surface area contributed by atoms with Crippen molar-refractivity contribution in [3.8, 4) is 0 Å². The molecule has 7 heteroatoms. The summed E-state index contributed by atoms with van der Waals surface area (Å²) in [6.45, 7) is 4.70. The molecule has 0 saturated heterocycles. The van der Waals surface area contributed by atoms with E-state index in [2.05, 4.69) is 15.2 Å². The topological polar surface area (TPSA) is 103 Å². The molecule has 1 heterocycles. The van der Waals surface area contributed by atoms with Crippen LogP contribution in [0.1, 0.15) is 20.8 Å². The molecule has 0 amide bonds. The summed E-state index contributed by atoms with van der Waals surface area (Å²) < 4.78 is 0.707. The highest BCUT2D eigenvalue weighted by Gasteiger charge is 2.24. The molecule has 0 unspecified atom stereocenters. The molecule has 0 aliphatic rings. The number of nitrogens with zero attached hydrogens (tertiary/aromatic N) is 3. The summed E-state index contributed by atoms with van der Waals surface area (Å²) in [6, 6.07) is -0.0351. The minimum absolute atomic E-state index is 0.0351. The number of imidazole rings is 1. The van der Waals surface area contributed by atoms with Gasteiger partial charge in [-0.2, -0.15) is 5.11 Å². The van der Waals surface area contributed by atoms with E-state index in [4.69, 9.17) is 0 Å². The van der Waals surface area contributed by atoms with Gasteiger partial charge in [-0.25, -0.2) is 9.36 Å². The first-order chi connectivity index (χ1) is 6.82. The molecule has 1 rings (SSSR count). The molecule has 3 N–H and O–H groups in total. The Morgan fingerprint density at radius 3 is 2.60 bits per heavy atom. The molecule has 0 aliphatic carbocycles. The van der Waals surface area contributed by atoms with E-state index in [1.165, 1.54) is 6.20 Å². The van der Waals surface area contributed by atoms with Crippen LogP contribution in [-0.4, -0.2) is 25.8 Å². The molecule has 0 atom stereocenters. The fourth-order valence-corrected chi connectivity index (χ4v) is 1.02. The fourth-order valence-electron chi connectivity index (χ4n) is 1.02. The van der Waals surface area contributed by atoms with Gasteiger partial charge in [-0.3, -0.25) is 0 Å². The second-order valence-electron chi connectivity index (χ2n) is 3.57. The average Bonchev–Trinajstić information content (AvgIpc) is 2.42.